The summed E-state index contributed by atoms with van der Waals surface area (Å²) >= 11 is 0.950. The van der Waals surface area contributed by atoms with Crippen molar-refractivity contribution in [3.63, 3.8) is 0 Å². The standard InChI is InChI=1S/C16H15N3O5S2/c20-12(10-4-5-13-14(8-10)24-7-6-23-13)9-17-26(21,22)15-3-1-2-11-16(15)19-25-18-11/h1-5,8,12,17,20H,6-7,9H2/t12-/m0/s1. The van der Waals surface area contributed by atoms with E-state index in [1.54, 1.807) is 30.3 Å². The third-order valence-electron chi connectivity index (χ3n) is 3.96. The topological polar surface area (TPSA) is 111 Å². The highest BCUT2D eigenvalue weighted by Crippen LogP contribution is 2.32. The van der Waals surface area contributed by atoms with E-state index < -0.39 is 16.1 Å². The van der Waals surface area contributed by atoms with Crippen LogP contribution in [0.5, 0.6) is 11.5 Å². The predicted molar refractivity (Wildman–Crippen MR) is 95.0 cm³/mol. The normalized spacial score (nSPS) is 15.1. The first kappa shape index (κ1) is 17.2. The van der Waals surface area contributed by atoms with Crippen LogP contribution in [0.15, 0.2) is 41.3 Å². The van der Waals surface area contributed by atoms with Gasteiger partial charge in [-0.1, -0.05) is 12.1 Å². The molecular formula is C16H15N3O5S2. The zero-order valence-corrected chi connectivity index (χ0v) is 15.1. The third-order valence-corrected chi connectivity index (χ3v) is 5.95. The summed E-state index contributed by atoms with van der Waals surface area (Å²) in [5, 5.41) is 10.4. The quantitative estimate of drug-likeness (QED) is 0.675. The zero-order chi connectivity index (χ0) is 18.1. The van der Waals surface area contributed by atoms with Gasteiger partial charge in [0, 0.05) is 6.54 Å². The molecule has 10 heteroatoms. The Morgan fingerprint density at radius 1 is 1.15 bits per heavy atom. The molecule has 0 amide bonds. The summed E-state index contributed by atoms with van der Waals surface area (Å²) in [6, 6.07) is 9.79. The van der Waals surface area contributed by atoms with Gasteiger partial charge in [0.15, 0.2) is 11.5 Å². The maximum atomic E-state index is 12.6. The molecule has 0 bridgehead atoms. The van der Waals surface area contributed by atoms with E-state index in [-0.39, 0.29) is 11.4 Å². The Kier molecular flexibility index (Phi) is 4.49. The number of ether oxygens (including phenoxy) is 2. The highest BCUT2D eigenvalue weighted by Gasteiger charge is 2.22. The van der Waals surface area contributed by atoms with Gasteiger partial charge >= 0.3 is 0 Å². The van der Waals surface area contributed by atoms with Gasteiger partial charge in [-0.3, -0.25) is 0 Å². The first-order valence-corrected chi connectivity index (χ1v) is 10.0. The lowest BCUT2D eigenvalue weighted by atomic mass is 10.1. The van der Waals surface area contributed by atoms with E-state index in [9.17, 15) is 13.5 Å². The second-order valence-electron chi connectivity index (χ2n) is 5.66. The fourth-order valence-electron chi connectivity index (χ4n) is 2.65. The molecule has 136 valence electrons. The lowest BCUT2D eigenvalue weighted by Crippen LogP contribution is -2.28. The van der Waals surface area contributed by atoms with E-state index in [2.05, 4.69) is 13.5 Å². The van der Waals surface area contributed by atoms with Crippen molar-refractivity contribution in [1.82, 2.24) is 13.5 Å². The summed E-state index contributed by atoms with van der Waals surface area (Å²) in [4.78, 5) is 0.0399. The van der Waals surface area contributed by atoms with Crippen LogP contribution in [0, 0.1) is 0 Å². The van der Waals surface area contributed by atoms with E-state index in [0.717, 1.165) is 11.7 Å². The Labute approximate surface area is 153 Å². The molecule has 2 N–H and O–H groups in total. The minimum Gasteiger partial charge on any atom is -0.486 e. The fraction of sp³-hybridized carbons (Fsp3) is 0.250. The number of nitrogens with one attached hydrogen (secondary N) is 1. The molecular weight excluding hydrogens is 378 g/mol. The Hall–Kier alpha value is -2.27. The smallest absolute Gasteiger partial charge is 0.242 e. The van der Waals surface area contributed by atoms with Crippen molar-refractivity contribution in [2.24, 2.45) is 0 Å². The van der Waals surface area contributed by atoms with Crippen molar-refractivity contribution >= 4 is 32.8 Å². The van der Waals surface area contributed by atoms with Gasteiger partial charge in [-0.05, 0) is 29.8 Å². The summed E-state index contributed by atoms with van der Waals surface area (Å²) in [5.41, 5.74) is 1.37. The maximum Gasteiger partial charge on any atom is 0.242 e. The number of benzene rings is 2. The van der Waals surface area contributed by atoms with Crippen molar-refractivity contribution in [3.05, 3.63) is 42.0 Å². The molecule has 8 nitrogen and oxygen atoms in total. The molecule has 1 aliphatic rings. The maximum absolute atomic E-state index is 12.6. The van der Waals surface area contributed by atoms with Crippen molar-refractivity contribution in [1.29, 1.82) is 0 Å². The minimum atomic E-state index is -3.84. The van der Waals surface area contributed by atoms with Crippen LogP contribution in [-0.4, -0.2) is 42.0 Å². The van der Waals surface area contributed by atoms with Crippen molar-refractivity contribution in [2.45, 2.75) is 11.0 Å². The molecule has 0 fully saturated rings. The molecule has 0 radical (unpaired) electrons. The molecule has 2 aromatic carbocycles. The summed E-state index contributed by atoms with van der Waals surface area (Å²) in [5.74, 6) is 1.14. The molecule has 1 aromatic heterocycles. The number of fused-ring (bicyclic) bond motifs is 2. The molecule has 26 heavy (non-hydrogen) atoms. The Morgan fingerprint density at radius 3 is 2.81 bits per heavy atom. The molecule has 0 spiro atoms. The van der Waals surface area contributed by atoms with Crippen LogP contribution in [0.4, 0.5) is 0 Å². The monoisotopic (exact) mass is 393 g/mol. The largest absolute Gasteiger partial charge is 0.486 e. The van der Waals surface area contributed by atoms with Crippen LogP contribution < -0.4 is 14.2 Å². The number of aromatic nitrogens is 2. The Bertz CT molecular complexity index is 1050. The van der Waals surface area contributed by atoms with Crippen LogP contribution in [0.1, 0.15) is 11.7 Å². The van der Waals surface area contributed by atoms with Crippen LogP contribution in [-0.2, 0) is 10.0 Å². The number of aliphatic hydroxyl groups is 1. The Morgan fingerprint density at radius 2 is 1.96 bits per heavy atom. The van der Waals surface area contributed by atoms with Gasteiger partial charge < -0.3 is 14.6 Å². The van der Waals surface area contributed by atoms with Crippen LogP contribution >= 0.6 is 11.7 Å². The average molecular weight is 393 g/mol. The Balaban J connectivity index is 1.52. The van der Waals surface area contributed by atoms with Crippen molar-refractivity contribution < 1.29 is 23.0 Å². The first-order chi connectivity index (χ1) is 12.5. The highest BCUT2D eigenvalue weighted by molar-refractivity contribution is 7.89. The zero-order valence-electron chi connectivity index (χ0n) is 13.5. The predicted octanol–water partition coefficient (Wildman–Crippen LogP) is 1.47. The van der Waals surface area contributed by atoms with Gasteiger partial charge in [-0.2, -0.15) is 8.75 Å². The fourth-order valence-corrected chi connectivity index (χ4v) is 4.45. The van der Waals surface area contributed by atoms with E-state index >= 15 is 0 Å². The SMILES string of the molecule is O=S(=O)(NC[C@H](O)c1ccc2c(c1)OCCO2)c1cccc2nsnc12. The molecule has 0 saturated carbocycles. The summed E-state index contributed by atoms with van der Waals surface area (Å²) < 4.78 is 46.6. The van der Waals surface area contributed by atoms with Gasteiger partial charge in [0.1, 0.15) is 29.1 Å². The molecule has 0 saturated heterocycles. The van der Waals surface area contributed by atoms with Crippen LogP contribution in [0.3, 0.4) is 0 Å². The summed E-state index contributed by atoms with van der Waals surface area (Å²) in [6.07, 6.45) is -1.03. The van der Waals surface area contributed by atoms with Gasteiger partial charge in [0.2, 0.25) is 10.0 Å². The second kappa shape index (κ2) is 6.80. The number of aliphatic hydroxyl groups excluding tert-OH is 1. The number of hydrogen-bond acceptors (Lipinski definition) is 8. The number of sulfonamides is 1. The van der Waals surface area contributed by atoms with E-state index in [1.807, 2.05) is 0 Å². The molecule has 0 aliphatic carbocycles. The van der Waals surface area contributed by atoms with Gasteiger partial charge in [-0.15, -0.1) is 0 Å². The summed E-state index contributed by atoms with van der Waals surface area (Å²) in [7, 11) is -3.84. The average Bonchev–Trinajstić information content (AvgIpc) is 3.14. The van der Waals surface area contributed by atoms with Crippen LogP contribution in [0.25, 0.3) is 11.0 Å². The van der Waals surface area contributed by atoms with Gasteiger partial charge in [0.25, 0.3) is 0 Å². The lowest BCUT2D eigenvalue weighted by Gasteiger charge is -2.20. The number of nitrogens with zero attached hydrogens (tertiary/aromatic N) is 2. The highest BCUT2D eigenvalue weighted by atomic mass is 32.2. The van der Waals surface area contributed by atoms with E-state index in [1.165, 1.54) is 6.07 Å². The first-order valence-electron chi connectivity index (χ1n) is 7.83. The number of rotatable bonds is 5. The number of hydrogen-bond donors (Lipinski definition) is 2. The lowest BCUT2D eigenvalue weighted by molar-refractivity contribution is 0.165. The van der Waals surface area contributed by atoms with E-state index in [4.69, 9.17) is 9.47 Å². The molecule has 2 heterocycles. The summed E-state index contributed by atoms with van der Waals surface area (Å²) in [6.45, 7) is 0.729. The van der Waals surface area contributed by atoms with Crippen LogP contribution in [0.2, 0.25) is 0 Å². The van der Waals surface area contributed by atoms with Crippen molar-refractivity contribution in [3.8, 4) is 11.5 Å². The third kappa shape index (κ3) is 3.23. The minimum absolute atomic E-state index is 0.0399. The second-order valence-corrected chi connectivity index (χ2v) is 7.92. The molecule has 1 aliphatic heterocycles. The van der Waals surface area contributed by atoms with Crippen molar-refractivity contribution in [2.75, 3.05) is 19.8 Å². The van der Waals surface area contributed by atoms with Gasteiger partial charge in [-0.25, -0.2) is 13.1 Å². The van der Waals surface area contributed by atoms with Gasteiger partial charge in [0.05, 0.1) is 17.8 Å². The molecule has 4 rings (SSSR count). The molecule has 1 atom stereocenters. The van der Waals surface area contributed by atoms with E-state index in [0.29, 0.717) is 41.3 Å². The molecule has 0 unspecified atom stereocenters. The molecule has 3 aromatic rings.